The average Bonchev–Trinajstić information content (AvgIpc) is 3.22. The van der Waals surface area contributed by atoms with E-state index in [0.29, 0.717) is 43.2 Å². The topological polar surface area (TPSA) is 96.7 Å². The van der Waals surface area contributed by atoms with E-state index in [2.05, 4.69) is 10.3 Å². The smallest absolute Gasteiger partial charge is 0.239 e. The second-order valence-corrected chi connectivity index (χ2v) is 8.13. The van der Waals surface area contributed by atoms with Crippen molar-refractivity contribution in [2.75, 3.05) is 31.6 Å². The summed E-state index contributed by atoms with van der Waals surface area (Å²) < 4.78 is 19.8. The lowest BCUT2D eigenvalue weighted by molar-refractivity contribution is -0.117. The quantitative estimate of drug-likeness (QED) is 0.540. The molecule has 2 aromatic heterocycles. The molecule has 174 valence electrons. The molecule has 0 spiro atoms. The van der Waals surface area contributed by atoms with Crippen LogP contribution in [-0.4, -0.2) is 63.8 Å². The first kappa shape index (κ1) is 22.9. The van der Waals surface area contributed by atoms with Crippen molar-refractivity contribution < 1.29 is 23.8 Å². The Morgan fingerprint density at radius 3 is 2.73 bits per heavy atom. The van der Waals surface area contributed by atoms with Crippen LogP contribution < -0.4 is 10.1 Å². The lowest BCUT2D eigenvalue weighted by Crippen LogP contribution is -2.40. The Labute approximate surface area is 191 Å². The lowest BCUT2D eigenvalue weighted by Gasteiger charge is -2.28. The maximum Gasteiger partial charge on any atom is 0.239 e. The molecular formula is C24H27FN4O4. The third-order valence-corrected chi connectivity index (χ3v) is 5.61. The number of alkyl halides is 1. The maximum atomic E-state index is 12.4. The van der Waals surface area contributed by atoms with E-state index in [0.717, 1.165) is 10.9 Å². The number of piperidine rings is 1. The molecule has 9 heteroatoms. The number of aromatic nitrogens is 2. The molecule has 0 aliphatic carbocycles. The number of carbonyl (C=O) groups is 2. The van der Waals surface area contributed by atoms with Gasteiger partial charge in [-0.05, 0) is 49.6 Å². The van der Waals surface area contributed by atoms with E-state index in [-0.39, 0.29) is 37.3 Å². The second kappa shape index (κ2) is 10.5. The Hall–Kier alpha value is -3.30. The summed E-state index contributed by atoms with van der Waals surface area (Å²) in [5.74, 6) is 1.16. The molecule has 1 saturated heterocycles. The van der Waals surface area contributed by atoms with Crippen molar-refractivity contribution in [3.8, 4) is 11.5 Å². The molecule has 1 aliphatic rings. The van der Waals surface area contributed by atoms with Gasteiger partial charge >= 0.3 is 0 Å². The molecular weight excluding hydrogens is 427 g/mol. The molecule has 4 rings (SSSR count). The van der Waals surface area contributed by atoms with Gasteiger partial charge in [0.25, 0.3) is 0 Å². The first-order valence-electron chi connectivity index (χ1n) is 11.1. The Bertz CT molecular complexity index is 1120. The predicted octanol–water partition coefficient (Wildman–Crippen LogP) is 3.61. The van der Waals surface area contributed by atoms with Crippen LogP contribution in [0.15, 0.2) is 48.8 Å². The summed E-state index contributed by atoms with van der Waals surface area (Å²) in [4.78, 5) is 30.8. The summed E-state index contributed by atoms with van der Waals surface area (Å²) in [5.41, 5.74) is 0.735. The van der Waals surface area contributed by atoms with Gasteiger partial charge in [0.1, 0.15) is 17.3 Å². The molecule has 8 nitrogen and oxygen atoms in total. The highest BCUT2D eigenvalue weighted by molar-refractivity contribution is 5.93. The number of amides is 1. The van der Waals surface area contributed by atoms with Crippen molar-refractivity contribution in [1.82, 2.24) is 14.5 Å². The van der Waals surface area contributed by atoms with Crippen molar-refractivity contribution in [1.29, 1.82) is 0 Å². The van der Waals surface area contributed by atoms with E-state index in [4.69, 9.17) is 4.74 Å². The molecule has 0 saturated carbocycles. The summed E-state index contributed by atoms with van der Waals surface area (Å²) in [6.07, 6.45) is 4.67. The van der Waals surface area contributed by atoms with Crippen LogP contribution in [0.3, 0.4) is 0 Å². The molecule has 2 N–H and O–H groups in total. The predicted molar refractivity (Wildman–Crippen MR) is 122 cm³/mol. The van der Waals surface area contributed by atoms with Crippen LogP contribution in [0.25, 0.3) is 10.9 Å². The third-order valence-electron chi connectivity index (χ3n) is 5.61. The van der Waals surface area contributed by atoms with E-state index < -0.39 is 6.67 Å². The minimum absolute atomic E-state index is 0.147. The summed E-state index contributed by atoms with van der Waals surface area (Å²) in [6.45, 7) is 1.12. The Kier molecular flexibility index (Phi) is 7.31. The number of likely N-dealkylation sites (tertiary alicyclic amines) is 1. The minimum atomic E-state index is -0.514. The number of aliphatic hydroxyl groups is 1. The van der Waals surface area contributed by atoms with Gasteiger partial charge in [-0.2, -0.15) is 0 Å². The first-order chi connectivity index (χ1) is 16.0. The van der Waals surface area contributed by atoms with Gasteiger partial charge in [-0.3, -0.25) is 23.4 Å². The summed E-state index contributed by atoms with van der Waals surface area (Å²) in [5, 5.41) is 13.2. The second-order valence-electron chi connectivity index (χ2n) is 8.13. The number of benzene rings is 1. The number of hydrogen-bond donors (Lipinski definition) is 2. The fraction of sp³-hybridized carbons (Fsp3) is 0.375. The molecule has 1 aromatic carbocycles. The number of halogens is 1. The van der Waals surface area contributed by atoms with E-state index in [9.17, 15) is 19.1 Å². The highest BCUT2D eigenvalue weighted by Crippen LogP contribution is 2.27. The van der Waals surface area contributed by atoms with Crippen molar-refractivity contribution in [2.45, 2.75) is 31.8 Å². The monoisotopic (exact) mass is 454 g/mol. The number of anilines is 1. The summed E-state index contributed by atoms with van der Waals surface area (Å²) in [6, 6.07) is 10.5. The Morgan fingerprint density at radius 1 is 1.15 bits per heavy atom. The molecule has 1 amide bonds. The molecule has 3 heterocycles. The maximum absolute atomic E-state index is 12.4. The van der Waals surface area contributed by atoms with Crippen molar-refractivity contribution in [3.05, 3.63) is 48.8 Å². The fourth-order valence-electron chi connectivity index (χ4n) is 3.88. The molecule has 3 aromatic rings. The number of rotatable bonds is 8. The highest BCUT2D eigenvalue weighted by atomic mass is 19.1. The minimum Gasteiger partial charge on any atom is -0.457 e. The van der Waals surface area contributed by atoms with Gasteiger partial charge in [-0.25, -0.2) is 4.98 Å². The average molecular weight is 455 g/mol. The first-order valence-corrected chi connectivity index (χ1v) is 11.1. The Balaban J connectivity index is 1.38. The molecule has 0 bridgehead atoms. The molecule has 0 unspecified atom stereocenters. The van der Waals surface area contributed by atoms with Gasteiger partial charge in [0.15, 0.2) is 0 Å². The van der Waals surface area contributed by atoms with Crippen molar-refractivity contribution in [3.63, 3.8) is 0 Å². The third kappa shape index (κ3) is 5.94. The number of fused-ring (bicyclic) bond motifs is 1. The lowest BCUT2D eigenvalue weighted by atomic mass is 10.1. The van der Waals surface area contributed by atoms with Gasteiger partial charge in [-0.1, -0.05) is 0 Å². The van der Waals surface area contributed by atoms with Crippen molar-refractivity contribution >= 4 is 28.5 Å². The molecule has 33 heavy (non-hydrogen) atoms. The zero-order chi connectivity index (χ0) is 23.2. The summed E-state index contributed by atoms with van der Waals surface area (Å²) >= 11 is 0. The van der Waals surface area contributed by atoms with Crippen LogP contribution in [0.2, 0.25) is 0 Å². The molecule has 1 fully saturated rings. The van der Waals surface area contributed by atoms with Crippen LogP contribution in [0, 0.1) is 0 Å². The zero-order valence-electron chi connectivity index (χ0n) is 18.2. The molecule has 0 radical (unpaired) electrons. The zero-order valence-corrected chi connectivity index (χ0v) is 18.2. The molecule has 1 aliphatic heterocycles. The van der Waals surface area contributed by atoms with Gasteiger partial charge in [0, 0.05) is 43.4 Å². The van der Waals surface area contributed by atoms with Gasteiger partial charge < -0.3 is 15.2 Å². The van der Waals surface area contributed by atoms with Gasteiger partial charge in [-0.15, -0.1) is 0 Å². The number of nitrogens with one attached hydrogen (secondary N) is 1. The largest absolute Gasteiger partial charge is 0.457 e. The molecule has 0 atom stereocenters. The SMILES string of the molecule is O=C(CN1CCC(O)CC1)Nc1cc(Oc2ccc3c(ccn3C(=O)CCCF)c2)ccn1. The van der Waals surface area contributed by atoms with Crippen LogP contribution >= 0.6 is 0 Å². The van der Waals surface area contributed by atoms with E-state index >= 15 is 0 Å². The van der Waals surface area contributed by atoms with Gasteiger partial charge in [0.2, 0.25) is 11.8 Å². The number of carbonyl (C=O) groups excluding carboxylic acids is 2. The fourth-order valence-corrected chi connectivity index (χ4v) is 3.88. The highest BCUT2D eigenvalue weighted by Gasteiger charge is 2.19. The van der Waals surface area contributed by atoms with Gasteiger partial charge in [0.05, 0.1) is 24.8 Å². The Morgan fingerprint density at radius 2 is 1.94 bits per heavy atom. The standard InChI is InChI=1S/C24H27FN4O4/c25-9-1-2-24(32)29-13-6-17-14-19(3-4-21(17)29)33-20-5-10-26-22(15-20)27-23(31)16-28-11-7-18(30)8-12-28/h3-6,10,13-15,18,30H,1-2,7-9,11-12,16H2,(H,26,27,31). The van der Waals surface area contributed by atoms with Crippen LogP contribution in [-0.2, 0) is 4.79 Å². The van der Waals surface area contributed by atoms with Crippen LogP contribution in [0.4, 0.5) is 10.2 Å². The van der Waals surface area contributed by atoms with E-state index in [1.54, 1.807) is 36.7 Å². The van der Waals surface area contributed by atoms with E-state index in [1.165, 1.54) is 4.57 Å². The number of hydrogen-bond acceptors (Lipinski definition) is 6. The van der Waals surface area contributed by atoms with Crippen LogP contribution in [0.1, 0.15) is 30.5 Å². The number of aliphatic hydroxyl groups excluding tert-OH is 1. The number of ether oxygens (including phenoxy) is 1. The number of pyridine rings is 1. The number of nitrogens with zero attached hydrogens (tertiary/aromatic N) is 3. The van der Waals surface area contributed by atoms with E-state index in [1.807, 2.05) is 17.0 Å². The summed E-state index contributed by atoms with van der Waals surface area (Å²) in [7, 11) is 0. The van der Waals surface area contributed by atoms with Crippen LogP contribution in [0.5, 0.6) is 11.5 Å². The van der Waals surface area contributed by atoms with Crippen molar-refractivity contribution in [2.24, 2.45) is 0 Å². The normalized spacial score (nSPS) is 15.0.